The zero-order valence-corrected chi connectivity index (χ0v) is 17.1. The molecule has 1 fully saturated rings. The predicted octanol–water partition coefficient (Wildman–Crippen LogP) is 3.71. The highest BCUT2D eigenvalue weighted by molar-refractivity contribution is 7.82. The third-order valence-electron chi connectivity index (χ3n) is 5.04. The van der Waals surface area contributed by atoms with Crippen LogP contribution in [0.3, 0.4) is 0 Å². The third-order valence-corrected chi connectivity index (χ3v) is 5.46. The summed E-state index contributed by atoms with van der Waals surface area (Å²) < 4.78 is 1.29. The molecule has 0 unspecified atom stereocenters. The molecule has 1 aliphatic rings. The van der Waals surface area contributed by atoms with Crippen molar-refractivity contribution in [3.63, 3.8) is 0 Å². The summed E-state index contributed by atoms with van der Waals surface area (Å²) in [4.78, 5) is 17.2. The van der Waals surface area contributed by atoms with Crippen molar-refractivity contribution in [1.82, 2.24) is 15.1 Å². The fourth-order valence-corrected chi connectivity index (χ4v) is 3.48. The highest BCUT2D eigenvalue weighted by Crippen LogP contribution is 2.24. The number of carbonyl (C=O) groups is 1. The monoisotopic (exact) mass is 408 g/mol. The van der Waals surface area contributed by atoms with Crippen LogP contribution in [-0.2, 0) is 0 Å². The van der Waals surface area contributed by atoms with E-state index in [-0.39, 0.29) is 6.03 Å². The fraction of sp³-hybridized carbons (Fsp3) is 0.238. The largest absolute Gasteiger partial charge is 0.369 e. The average molecular weight is 409 g/mol. The van der Waals surface area contributed by atoms with E-state index in [1.807, 2.05) is 54.6 Å². The molecule has 7 nitrogen and oxygen atoms in total. The van der Waals surface area contributed by atoms with Crippen molar-refractivity contribution in [3.05, 3.63) is 60.7 Å². The molecule has 0 atom stereocenters. The Labute approximate surface area is 175 Å². The van der Waals surface area contributed by atoms with Crippen LogP contribution >= 0.6 is 12.8 Å². The zero-order valence-electron chi connectivity index (χ0n) is 16.2. The molecule has 2 amide bonds. The van der Waals surface area contributed by atoms with Crippen LogP contribution in [0.25, 0.3) is 11.3 Å². The van der Waals surface area contributed by atoms with E-state index in [9.17, 15) is 4.79 Å². The van der Waals surface area contributed by atoms with Crippen LogP contribution in [0.4, 0.5) is 22.0 Å². The Morgan fingerprint density at radius 1 is 1.07 bits per heavy atom. The van der Waals surface area contributed by atoms with Crippen molar-refractivity contribution >= 4 is 36.0 Å². The molecular weight excluding hydrogens is 384 g/mol. The number of aromatic nitrogens is 2. The van der Waals surface area contributed by atoms with Crippen LogP contribution in [0.1, 0.15) is 0 Å². The molecule has 2 N–H and O–H groups in total. The molecule has 2 heterocycles. The lowest BCUT2D eigenvalue weighted by Gasteiger charge is -2.34. The first-order valence-corrected chi connectivity index (χ1v) is 9.94. The molecule has 1 aromatic heterocycles. The first kappa shape index (κ1) is 19.4. The molecule has 0 aliphatic carbocycles. The molecule has 1 aliphatic heterocycles. The lowest BCUT2D eigenvalue weighted by molar-refractivity contribution is 0.260. The zero-order chi connectivity index (χ0) is 20.2. The average Bonchev–Trinajstić information content (AvgIpc) is 3.23. The lowest BCUT2D eigenvalue weighted by Crippen LogP contribution is -2.44. The Morgan fingerprint density at radius 3 is 2.45 bits per heavy atom. The molecule has 4 rings (SSSR count). The van der Waals surface area contributed by atoms with E-state index in [4.69, 9.17) is 0 Å². The summed E-state index contributed by atoms with van der Waals surface area (Å²) in [6.45, 7) is 4.12. The van der Waals surface area contributed by atoms with Crippen molar-refractivity contribution in [3.8, 4) is 11.3 Å². The van der Waals surface area contributed by atoms with Crippen molar-refractivity contribution in [2.75, 3.05) is 47.7 Å². The molecule has 1 saturated heterocycles. The molecule has 0 saturated carbocycles. The van der Waals surface area contributed by atoms with Crippen LogP contribution in [0.2, 0.25) is 0 Å². The second kappa shape index (κ2) is 8.59. The number of anilines is 3. The Balaban J connectivity index is 1.38. The van der Waals surface area contributed by atoms with E-state index in [0.29, 0.717) is 11.5 Å². The summed E-state index contributed by atoms with van der Waals surface area (Å²) >= 11 is 4.36. The van der Waals surface area contributed by atoms with Gasteiger partial charge in [0.25, 0.3) is 0 Å². The minimum Gasteiger partial charge on any atom is -0.369 e. The number of hydrogen-bond acceptors (Lipinski definition) is 5. The number of hydrogen-bond donors (Lipinski definition) is 3. The van der Waals surface area contributed by atoms with Gasteiger partial charge in [0.05, 0.1) is 11.4 Å². The Hall–Kier alpha value is -2.97. The maximum Gasteiger partial charge on any atom is 0.337 e. The van der Waals surface area contributed by atoms with Gasteiger partial charge in [-0.1, -0.05) is 43.1 Å². The number of nitrogens with one attached hydrogen (secondary N) is 2. The van der Waals surface area contributed by atoms with Gasteiger partial charge in [0.15, 0.2) is 0 Å². The van der Waals surface area contributed by atoms with Crippen molar-refractivity contribution in [1.29, 1.82) is 0 Å². The summed E-state index contributed by atoms with van der Waals surface area (Å²) in [6, 6.07) is 19.1. The molecule has 2 aromatic carbocycles. The quantitative estimate of drug-likeness (QED) is 0.576. The Bertz CT molecular complexity index is 951. The molecule has 0 radical (unpaired) electrons. The van der Waals surface area contributed by atoms with Gasteiger partial charge in [-0.2, -0.15) is 5.10 Å². The summed E-state index contributed by atoms with van der Waals surface area (Å²) in [5, 5.41) is 9.88. The Kier molecular flexibility index (Phi) is 5.73. The first-order chi connectivity index (χ1) is 14.1. The molecule has 29 heavy (non-hydrogen) atoms. The predicted molar refractivity (Wildman–Crippen MR) is 121 cm³/mol. The number of amides is 2. The lowest BCUT2D eigenvalue weighted by atomic mass is 10.2. The van der Waals surface area contributed by atoms with E-state index in [2.05, 4.69) is 45.2 Å². The normalized spacial score (nSPS) is 14.6. The van der Waals surface area contributed by atoms with Gasteiger partial charge in [-0.15, -0.1) is 0 Å². The van der Waals surface area contributed by atoms with Crippen molar-refractivity contribution < 1.29 is 4.79 Å². The van der Waals surface area contributed by atoms with E-state index >= 15 is 0 Å². The molecule has 3 aromatic rings. The van der Waals surface area contributed by atoms with E-state index in [0.717, 1.165) is 43.1 Å². The summed E-state index contributed by atoms with van der Waals surface area (Å²) in [7, 11) is 2.14. The van der Waals surface area contributed by atoms with Crippen LogP contribution in [0.15, 0.2) is 60.7 Å². The van der Waals surface area contributed by atoms with Gasteiger partial charge in [-0.25, -0.2) is 9.10 Å². The second-order valence-corrected chi connectivity index (χ2v) is 7.48. The second-order valence-electron chi connectivity index (χ2n) is 7.08. The molecule has 150 valence electrons. The summed E-state index contributed by atoms with van der Waals surface area (Å²) in [5.41, 5.74) is 3.60. The van der Waals surface area contributed by atoms with Gasteiger partial charge in [0.2, 0.25) is 0 Å². The minimum absolute atomic E-state index is 0.357. The van der Waals surface area contributed by atoms with Crippen molar-refractivity contribution in [2.24, 2.45) is 0 Å². The number of carbonyl (C=O) groups excluding carboxylic acids is 1. The number of H-pyrrole nitrogens is 1. The van der Waals surface area contributed by atoms with Gasteiger partial charge in [-0.3, -0.25) is 10.4 Å². The summed E-state index contributed by atoms with van der Waals surface area (Å²) in [5.74, 6) is 0.516. The van der Waals surface area contributed by atoms with E-state index in [1.165, 1.54) is 4.31 Å². The van der Waals surface area contributed by atoms with E-state index < -0.39 is 0 Å². The number of urea groups is 1. The van der Waals surface area contributed by atoms with Gasteiger partial charge in [-0.05, 0) is 31.3 Å². The number of nitrogens with zero attached hydrogens (tertiary/aromatic N) is 4. The smallest absolute Gasteiger partial charge is 0.337 e. The number of thiol groups is 1. The molecule has 0 spiro atoms. The number of aromatic amines is 1. The maximum absolute atomic E-state index is 12.6. The Morgan fingerprint density at radius 2 is 1.76 bits per heavy atom. The summed E-state index contributed by atoms with van der Waals surface area (Å²) in [6.07, 6.45) is 0. The fourth-order valence-electron chi connectivity index (χ4n) is 3.30. The highest BCUT2D eigenvalue weighted by atomic mass is 32.1. The van der Waals surface area contributed by atoms with Crippen molar-refractivity contribution in [2.45, 2.75) is 0 Å². The standard InChI is InChI=1S/C21H24N6OS/c1-25-11-13-26(14-12-25)17-7-9-18(10-8-17)27(29)21(28)22-20-15-19(23-24-20)16-5-3-2-4-6-16/h2-10,15,29H,11-14H2,1H3,(H2,22,23,24,28). The molecule has 0 bridgehead atoms. The van der Waals surface area contributed by atoms with Gasteiger partial charge >= 0.3 is 6.03 Å². The van der Waals surface area contributed by atoms with E-state index in [1.54, 1.807) is 6.07 Å². The third kappa shape index (κ3) is 4.55. The minimum atomic E-state index is -0.357. The number of likely N-dealkylation sites (N-methyl/N-ethyl adjacent to an activating group) is 1. The first-order valence-electron chi connectivity index (χ1n) is 9.54. The number of benzene rings is 2. The SMILES string of the molecule is CN1CCN(c2ccc(N(S)C(=O)Nc3cc(-c4ccccc4)n[nH]3)cc2)CC1. The van der Waals surface area contributed by atoms with Crippen LogP contribution in [-0.4, -0.2) is 54.4 Å². The number of piperazine rings is 1. The topological polar surface area (TPSA) is 67.5 Å². The van der Waals surface area contributed by atoms with Gasteiger partial charge < -0.3 is 9.80 Å². The van der Waals surface area contributed by atoms with Crippen LogP contribution in [0, 0.1) is 0 Å². The maximum atomic E-state index is 12.6. The number of rotatable bonds is 4. The van der Waals surface area contributed by atoms with Crippen LogP contribution < -0.4 is 14.5 Å². The molecule has 8 heteroatoms. The van der Waals surface area contributed by atoms with Crippen LogP contribution in [0.5, 0.6) is 0 Å². The van der Waals surface area contributed by atoms with Gasteiger partial charge in [0, 0.05) is 43.5 Å². The highest BCUT2D eigenvalue weighted by Gasteiger charge is 2.17. The molecular formula is C21H24N6OS. The van der Waals surface area contributed by atoms with Gasteiger partial charge in [0.1, 0.15) is 5.82 Å².